The molecule has 0 heterocycles. The van der Waals surface area contributed by atoms with Crippen LogP contribution >= 0.6 is 0 Å². The van der Waals surface area contributed by atoms with Crippen LogP contribution in [0.25, 0.3) is 0 Å². The minimum absolute atomic E-state index is 0.0647. The maximum absolute atomic E-state index is 12.0. The van der Waals surface area contributed by atoms with Crippen LogP contribution in [0.3, 0.4) is 0 Å². The van der Waals surface area contributed by atoms with Crippen LogP contribution in [0.4, 0.5) is 5.69 Å². The Bertz CT molecular complexity index is 798. The van der Waals surface area contributed by atoms with Crippen LogP contribution in [0, 0.1) is 6.92 Å². The summed E-state index contributed by atoms with van der Waals surface area (Å²) >= 11 is 0. The summed E-state index contributed by atoms with van der Waals surface area (Å²) in [6.07, 6.45) is 1.64. The first-order valence-electron chi connectivity index (χ1n) is 8.36. The fourth-order valence-electron chi connectivity index (χ4n) is 2.27. The molecule has 25 heavy (non-hydrogen) atoms. The van der Waals surface area contributed by atoms with Crippen molar-refractivity contribution in [2.24, 2.45) is 0 Å². The van der Waals surface area contributed by atoms with Gasteiger partial charge in [-0.3, -0.25) is 4.79 Å². The molecule has 0 atom stereocenters. The quantitative estimate of drug-likeness (QED) is 0.759. The van der Waals surface area contributed by atoms with Crippen molar-refractivity contribution in [3.8, 4) is 0 Å². The van der Waals surface area contributed by atoms with E-state index in [4.69, 9.17) is 0 Å². The average molecular weight is 360 g/mol. The van der Waals surface area contributed by atoms with Gasteiger partial charge in [0.05, 0.1) is 4.90 Å². The monoisotopic (exact) mass is 360 g/mol. The van der Waals surface area contributed by atoms with Crippen LogP contribution < -0.4 is 10.0 Å². The first-order chi connectivity index (χ1) is 11.9. The summed E-state index contributed by atoms with van der Waals surface area (Å²) in [5, 5.41) is 2.85. The Kier molecular flexibility index (Phi) is 6.73. The summed E-state index contributed by atoms with van der Waals surface area (Å²) in [5.41, 5.74) is 2.84. The van der Waals surface area contributed by atoms with Crippen molar-refractivity contribution in [3.63, 3.8) is 0 Å². The van der Waals surface area contributed by atoms with Crippen LogP contribution in [-0.4, -0.2) is 20.9 Å². The molecule has 2 aromatic rings. The van der Waals surface area contributed by atoms with Crippen molar-refractivity contribution in [1.82, 2.24) is 4.72 Å². The molecule has 0 bridgehead atoms. The topological polar surface area (TPSA) is 75.3 Å². The van der Waals surface area contributed by atoms with Crippen molar-refractivity contribution in [3.05, 3.63) is 59.7 Å². The SMILES string of the molecule is CCCNS(=O)(=O)c1ccc(CCC(=O)Nc2ccc(C)cc2)cc1. The van der Waals surface area contributed by atoms with Crippen LogP contribution in [-0.2, 0) is 21.2 Å². The number of carbonyl (C=O) groups is 1. The number of aryl methyl sites for hydroxylation is 2. The minimum Gasteiger partial charge on any atom is -0.326 e. The lowest BCUT2D eigenvalue weighted by molar-refractivity contribution is -0.116. The third-order valence-electron chi connectivity index (χ3n) is 3.75. The van der Waals surface area contributed by atoms with Gasteiger partial charge in [-0.15, -0.1) is 0 Å². The van der Waals surface area contributed by atoms with Gasteiger partial charge in [0.1, 0.15) is 0 Å². The zero-order valence-corrected chi connectivity index (χ0v) is 15.4. The van der Waals surface area contributed by atoms with Gasteiger partial charge in [0.25, 0.3) is 0 Å². The normalized spacial score (nSPS) is 11.3. The molecule has 0 saturated heterocycles. The number of amides is 1. The highest BCUT2D eigenvalue weighted by Crippen LogP contribution is 2.13. The summed E-state index contributed by atoms with van der Waals surface area (Å²) in [6.45, 7) is 4.32. The number of benzene rings is 2. The predicted molar refractivity (Wildman–Crippen MR) is 100 cm³/mol. The standard InChI is InChI=1S/C19H24N2O3S/c1-3-14-20-25(23,24)18-11-6-16(7-12-18)8-13-19(22)21-17-9-4-15(2)5-10-17/h4-7,9-12,20H,3,8,13-14H2,1-2H3,(H,21,22). The van der Waals surface area contributed by atoms with Crippen molar-refractivity contribution in [1.29, 1.82) is 0 Å². The van der Waals surface area contributed by atoms with Crippen LogP contribution in [0.15, 0.2) is 53.4 Å². The van der Waals surface area contributed by atoms with Gasteiger partial charge < -0.3 is 5.32 Å². The Balaban J connectivity index is 1.88. The van der Waals surface area contributed by atoms with Gasteiger partial charge in [-0.1, -0.05) is 36.8 Å². The first kappa shape index (κ1) is 19.1. The highest BCUT2D eigenvalue weighted by atomic mass is 32.2. The second-order valence-corrected chi connectivity index (χ2v) is 7.72. The Morgan fingerprint density at radius 3 is 2.24 bits per heavy atom. The lowest BCUT2D eigenvalue weighted by atomic mass is 10.1. The number of nitrogens with one attached hydrogen (secondary N) is 2. The third kappa shape index (κ3) is 5.99. The van der Waals surface area contributed by atoms with Crippen molar-refractivity contribution in [2.45, 2.75) is 38.0 Å². The molecule has 0 unspecified atom stereocenters. The molecule has 6 heteroatoms. The third-order valence-corrected chi connectivity index (χ3v) is 5.23. The molecule has 2 N–H and O–H groups in total. The zero-order valence-electron chi connectivity index (χ0n) is 14.6. The largest absolute Gasteiger partial charge is 0.326 e. The van der Waals surface area contributed by atoms with Gasteiger partial charge in [-0.25, -0.2) is 13.1 Å². The molecule has 2 aromatic carbocycles. The molecular formula is C19H24N2O3S. The lowest BCUT2D eigenvalue weighted by Gasteiger charge is -2.08. The number of hydrogen-bond acceptors (Lipinski definition) is 3. The molecule has 0 saturated carbocycles. The highest BCUT2D eigenvalue weighted by Gasteiger charge is 2.12. The van der Waals surface area contributed by atoms with E-state index in [-0.39, 0.29) is 10.8 Å². The smallest absolute Gasteiger partial charge is 0.240 e. The minimum atomic E-state index is -3.44. The van der Waals surface area contributed by atoms with Gasteiger partial charge in [0.2, 0.25) is 15.9 Å². The Morgan fingerprint density at radius 1 is 1.00 bits per heavy atom. The summed E-state index contributed by atoms with van der Waals surface area (Å²) in [5.74, 6) is -0.0647. The van der Waals surface area contributed by atoms with Crippen molar-refractivity contribution >= 4 is 21.6 Å². The second-order valence-electron chi connectivity index (χ2n) is 5.96. The number of carbonyl (C=O) groups excluding carboxylic acids is 1. The summed E-state index contributed by atoms with van der Waals surface area (Å²) in [6, 6.07) is 14.3. The van der Waals surface area contributed by atoms with E-state index in [9.17, 15) is 13.2 Å². The summed E-state index contributed by atoms with van der Waals surface area (Å²) in [4.78, 5) is 12.2. The van der Waals surface area contributed by atoms with Gasteiger partial charge in [-0.2, -0.15) is 0 Å². The highest BCUT2D eigenvalue weighted by molar-refractivity contribution is 7.89. The second kappa shape index (κ2) is 8.78. The molecule has 5 nitrogen and oxygen atoms in total. The lowest BCUT2D eigenvalue weighted by Crippen LogP contribution is -2.24. The fourth-order valence-corrected chi connectivity index (χ4v) is 3.41. The van der Waals surface area contributed by atoms with E-state index >= 15 is 0 Å². The Morgan fingerprint density at radius 2 is 1.64 bits per heavy atom. The molecule has 0 aliphatic carbocycles. The molecule has 0 aromatic heterocycles. The summed E-state index contributed by atoms with van der Waals surface area (Å²) < 4.78 is 26.6. The Labute approximate surface area is 149 Å². The molecule has 0 spiro atoms. The molecule has 2 rings (SSSR count). The van der Waals surface area contributed by atoms with Gasteiger partial charge in [-0.05, 0) is 49.6 Å². The van der Waals surface area contributed by atoms with E-state index in [1.165, 1.54) is 0 Å². The maximum Gasteiger partial charge on any atom is 0.240 e. The van der Waals surface area contributed by atoms with Gasteiger partial charge >= 0.3 is 0 Å². The molecule has 0 radical (unpaired) electrons. The van der Waals surface area contributed by atoms with E-state index in [0.29, 0.717) is 19.4 Å². The number of sulfonamides is 1. The molecule has 134 valence electrons. The van der Waals surface area contributed by atoms with Crippen LogP contribution in [0.2, 0.25) is 0 Å². The fraction of sp³-hybridized carbons (Fsp3) is 0.316. The molecular weight excluding hydrogens is 336 g/mol. The number of rotatable bonds is 8. The molecule has 1 amide bonds. The van der Waals surface area contributed by atoms with Crippen LogP contribution in [0.5, 0.6) is 0 Å². The molecule has 0 aliphatic heterocycles. The van der Waals surface area contributed by atoms with Gasteiger partial charge in [0.15, 0.2) is 0 Å². The first-order valence-corrected chi connectivity index (χ1v) is 9.84. The number of hydrogen-bond donors (Lipinski definition) is 2. The zero-order chi connectivity index (χ0) is 18.3. The van der Waals surface area contributed by atoms with E-state index in [2.05, 4.69) is 10.0 Å². The van der Waals surface area contributed by atoms with Gasteiger partial charge in [0, 0.05) is 18.7 Å². The summed E-state index contributed by atoms with van der Waals surface area (Å²) in [7, 11) is -3.44. The van der Waals surface area contributed by atoms with E-state index in [1.807, 2.05) is 38.1 Å². The van der Waals surface area contributed by atoms with Crippen LogP contribution in [0.1, 0.15) is 30.9 Å². The maximum atomic E-state index is 12.0. The van der Waals surface area contributed by atoms with Crippen molar-refractivity contribution < 1.29 is 13.2 Å². The Hall–Kier alpha value is -2.18. The molecule has 0 fully saturated rings. The average Bonchev–Trinajstić information content (AvgIpc) is 2.60. The number of anilines is 1. The van der Waals surface area contributed by atoms with E-state index < -0.39 is 10.0 Å². The van der Waals surface area contributed by atoms with Crippen molar-refractivity contribution in [2.75, 3.05) is 11.9 Å². The predicted octanol–water partition coefficient (Wildman–Crippen LogP) is 3.25. The van der Waals surface area contributed by atoms with E-state index in [0.717, 1.165) is 23.2 Å². The van der Waals surface area contributed by atoms with E-state index in [1.54, 1.807) is 24.3 Å². The molecule has 0 aliphatic rings.